The zero-order chi connectivity index (χ0) is 20.3. The van der Waals surface area contributed by atoms with Gasteiger partial charge in [0.15, 0.2) is 6.10 Å². The number of fused-ring (bicyclic) bond motifs is 1. The number of esters is 1. The number of rotatable bonds is 5. The van der Waals surface area contributed by atoms with Crippen molar-refractivity contribution in [2.45, 2.75) is 33.4 Å². The van der Waals surface area contributed by atoms with Gasteiger partial charge in [-0.3, -0.25) is 19.0 Å². The molecule has 144 valence electrons. The third kappa shape index (κ3) is 4.25. The number of benzene rings is 2. The van der Waals surface area contributed by atoms with E-state index in [9.17, 15) is 14.4 Å². The smallest absolute Gasteiger partial charge is 0.326 e. The molecule has 1 heterocycles. The lowest BCUT2D eigenvalue weighted by atomic mass is 10.1. The van der Waals surface area contributed by atoms with E-state index in [0.29, 0.717) is 16.6 Å². The van der Waals surface area contributed by atoms with E-state index in [1.165, 1.54) is 17.8 Å². The van der Waals surface area contributed by atoms with E-state index >= 15 is 0 Å². The van der Waals surface area contributed by atoms with Gasteiger partial charge in [-0.15, -0.1) is 0 Å². The van der Waals surface area contributed by atoms with Crippen LogP contribution in [0.5, 0.6) is 0 Å². The summed E-state index contributed by atoms with van der Waals surface area (Å²) >= 11 is 0. The molecule has 7 nitrogen and oxygen atoms in total. The van der Waals surface area contributed by atoms with Crippen molar-refractivity contribution in [3.63, 3.8) is 0 Å². The fourth-order valence-corrected chi connectivity index (χ4v) is 2.84. The first-order valence-corrected chi connectivity index (χ1v) is 8.87. The Hall–Kier alpha value is -3.48. The number of nitrogens with one attached hydrogen (secondary N) is 1. The molecular formula is C21H21N3O4. The molecule has 1 atom stereocenters. The number of hydrogen-bond donors (Lipinski definition) is 1. The van der Waals surface area contributed by atoms with E-state index < -0.39 is 18.0 Å². The minimum atomic E-state index is -1.00. The Morgan fingerprint density at radius 2 is 1.93 bits per heavy atom. The maximum Gasteiger partial charge on any atom is 0.326 e. The highest BCUT2D eigenvalue weighted by Gasteiger charge is 2.19. The van der Waals surface area contributed by atoms with Gasteiger partial charge in [0.05, 0.1) is 17.2 Å². The monoisotopic (exact) mass is 379 g/mol. The van der Waals surface area contributed by atoms with E-state index in [-0.39, 0.29) is 12.1 Å². The van der Waals surface area contributed by atoms with Gasteiger partial charge in [-0.05, 0) is 50.1 Å². The van der Waals surface area contributed by atoms with Crippen LogP contribution in [0, 0.1) is 13.8 Å². The Labute approximate surface area is 162 Å². The summed E-state index contributed by atoms with van der Waals surface area (Å²) in [6.07, 6.45) is 0.315. The van der Waals surface area contributed by atoms with Crippen LogP contribution in [0.2, 0.25) is 0 Å². The van der Waals surface area contributed by atoms with Gasteiger partial charge in [-0.1, -0.05) is 24.3 Å². The Balaban J connectivity index is 1.66. The molecule has 3 aromatic rings. The summed E-state index contributed by atoms with van der Waals surface area (Å²) in [5.74, 6) is -1.14. The minimum Gasteiger partial charge on any atom is -0.451 e. The quantitative estimate of drug-likeness (QED) is 0.688. The van der Waals surface area contributed by atoms with Gasteiger partial charge in [0.25, 0.3) is 11.5 Å². The normalized spacial score (nSPS) is 11.8. The summed E-state index contributed by atoms with van der Waals surface area (Å²) in [5, 5.41) is 3.13. The summed E-state index contributed by atoms with van der Waals surface area (Å²) in [6, 6.07) is 12.6. The molecule has 0 aliphatic heterocycles. The fourth-order valence-electron chi connectivity index (χ4n) is 2.84. The molecule has 1 amide bonds. The number of hydrogen-bond acceptors (Lipinski definition) is 5. The second-order valence-electron chi connectivity index (χ2n) is 6.64. The van der Waals surface area contributed by atoms with E-state index in [2.05, 4.69) is 10.3 Å². The predicted octanol–water partition coefficient (Wildman–Crippen LogP) is 2.58. The van der Waals surface area contributed by atoms with Gasteiger partial charge in [0.2, 0.25) is 0 Å². The molecule has 0 spiro atoms. The third-order valence-electron chi connectivity index (χ3n) is 4.32. The highest BCUT2D eigenvalue weighted by atomic mass is 16.5. The topological polar surface area (TPSA) is 90.3 Å². The Bertz CT molecular complexity index is 1100. The van der Waals surface area contributed by atoms with Crippen LogP contribution in [0.4, 0.5) is 5.69 Å². The van der Waals surface area contributed by atoms with Crippen LogP contribution in [-0.2, 0) is 20.9 Å². The van der Waals surface area contributed by atoms with Gasteiger partial charge in [-0.2, -0.15) is 0 Å². The van der Waals surface area contributed by atoms with Crippen molar-refractivity contribution in [1.29, 1.82) is 0 Å². The van der Waals surface area contributed by atoms with Crippen molar-refractivity contribution in [2.75, 3.05) is 5.32 Å². The van der Waals surface area contributed by atoms with Gasteiger partial charge in [0, 0.05) is 5.69 Å². The Morgan fingerprint density at radius 1 is 1.18 bits per heavy atom. The molecule has 1 unspecified atom stereocenters. The van der Waals surface area contributed by atoms with Gasteiger partial charge >= 0.3 is 5.97 Å². The van der Waals surface area contributed by atoms with Crippen LogP contribution in [0.15, 0.2) is 53.6 Å². The van der Waals surface area contributed by atoms with Crippen molar-refractivity contribution < 1.29 is 14.3 Å². The lowest BCUT2D eigenvalue weighted by molar-refractivity contribution is -0.153. The molecule has 1 N–H and O–H groups in total. The molecule has 7 heteroatoms. The fraction of sp³-hybridized carbons (Fsp3) is 0.238. The maximum atomic E-state index is 12.5. The van der Waals surface area contributed by atoms with E-state index in [0.717, 1.165) is 11.1 Å². The molecule has 0 radical (unpaired) electrons. The van der Waals surface area contributed by atoms with Crippen LogP contribution in [0.3, 0.4) is 0 Å². The zero-order valence-electron chi connectivity index (χ0n) is 15.9. The van der Waals surface area contributed by atoms with Crippen molar-refractivity contribution >= 4 is 28.5 Å². The summed E-state index contributed by atoms with van der Waals surface area (Å²) in [6.45, 7) is 4.93. The second kappa shape index (κ2) is 8.04. The molecule has 0 bridgehead atoms. The SMILES string of the molecule is Cc1cccc(NC(=O)C(C)OC(=O)Cn2cnc3c(C)cccc3c2=O)c1. The van der Waals surface area contributed by atoms with Gasteiger partial charge in [-0.25, -0.2) is 4.98 Å². The highest BCUT2D eigenvalue weighted by Crippen LogP contribution is 2.12. The van der Waals surface area contributed by atoms with Crippen molar-refractivity contribution in [3.05, 3.63) is 70.3 Å². The number of carbonyl (C=O) groups is 2. The summed E-state index contributed by atoms with van der Waals surface area (Å²) in [4.78, 5) is 41.2. The van der Waals surface area contributed by atoms with Crippen LogP contribution in [0.1, 0.15) is 18.1 Å². The molecule has 0 aliphatic carbocycles. The molecule has 28 heavy (non-hydrogen) atoms. The molecule has 3 rings (SSSR count). The molecule has 0 fully saturated rings. The van der Waals surface area contributed by atoms with Crippen molar-refractivity contribution in [2.24, 2.45) is 0 Å². The van der Waals surface area contributed by atoms with Crippen LogP contribution >= 0.6 is 0 Å². The van der Waals surface area contributed by atoms with Crippen LogP contribution in [0.25, 0.3) is 10.9 Å². The zero-order valence-corrected chi connectivity index (χ0v) is 15.9. The van der Waals surface area contributed by atoms with Gasteiger partial charge in [0.1, 0.15) is 6.54 Å². The van der Waals surface area contributed by atoms with Crippen molar-refractivity contribution in [3.8, 4) is 0 Å². The molecule has 2 aromatic carbocycles. The third-order valence-corrected chi connectivity index (χ3v) is 4.32. The van der Waals surface area contributed by atoms with Crippen LogP contribution < -0.4 is 10.9 Å². The molecular weight excluding hydrogens is 358 g/mol. The number of ether oxygens (including phenoxy) is 1. The number of nitrogens with zero attached hydrogens (tertiary/aromatic N) is 2. The Kier molecular flexibility index (Phi) is 5.54. The average molecular weight is 379 g/mol. The number of aromatic nitrogens is 2. The number of carbonyl (C=O) groups excluding carboxylic acids is 2. The molecule has 0 saturated carbocycles. The summed E-state index contributed by atoms with van der Waals surface area (Å²) in [5.41, 5.74) is 2.77. The second-order valence-corrected chi connectivity index (χ2v) is 6.64. The van der Waals surface area contributed by atoms with Crippen LogP contribution in [-0.4, -0.2) is 27.5 Å². The number of anilines is 1. The van der Waals surface area contributed by atoms with E-state index in [1.54, 1.807) is 18.2 Å². The first kappa shape index (κ1) is 19.3. The lowest BCUT2D eigenvalue weighted by Crippen LogP contribution is -2.33. The standard InChI is InChI=1S/C21H21N3O4/c1-13-6-4-8-16(10-13)23-20(26)15(3)28-18(25)11-24-12-22-19-14(2)7-5-9-17(19)21(24)27/h4-10,12,15H,11H2,1-3H3,(H,23,26). The predicted molar refractivity (Wildman–Crippen MR) is 106 cm³/mol. The Morgan fingerprint density at radius 3 is 2.68 bits per heavy atom. The molecule has 1 aromatic heterocycles. The number of para-hydroxylation sites is 1. The first-order valence-electron chi connectivity index (χ1n) is 8.87. The first-order chi connectivity index (χ1) is 13.3. The van der Waals surface area contributed by atoms with E-state index in [1.807, 2.05) is 38.1 Å². The molecule has 0 aliphatic rings. The minimum absolute atomic E-state index is 0.322. The summed E-state index contributed by atoms with van der Waals surface area (Å²) < 4.78 is 6.35. The van der Waals surface area contributed by atoms with Crippen molar-refractivity contribution in [1.82, 2.24) is 9.55 Å². The van der Waals surface area contributed by atoms with Gasteiger partial charge < -0.3 is 10.1 Å². The largest absolute Gasteiger partial charge is 0.451 e. The average Bonchev–Trinajstić information content (AvgIpc) is 2.64. The molecule has 0 saturated heterocycles. The number of aryl methyl sites for hydroxylation is 2. The highest BCUT2D eigenvalue weighted by molar-refractivity contribution is 5.95. The van der Waals surface area contributed by atoms with E-state index in [4.69, 9.17) is 4.74 Å². The lowest BCUT2D eigenvalue weighted by Gasteiger charge is -2.14. The maximum absolute atomic E-state index is 12.5. The summed E-state index contributed by atoms with van der Waals surface area (Å²) in [7, 11) is 0. The number of amides is 1.